The summed E-state index contributed by atoms with van der Waals surface area (Å²) in [6, 6.07) is 26.4. The minimum Gasteiger partial charge on any atom is -0.334 e. The van der Waals surface area contributed by atoms with E-state index >= 15 is 0 Å². The number of hydrogen-bond acceptors (Lipinski definition) is 4. The number of benzene rings is 3. The number of aryl methyl sites for hydroxylation is 1. The molecule has 0 aliphatic carbocycles. The van der Waals surface area contributed by atoms with Gasteiger partial charge in [0.05, 0.1) is 0 Å². The number of aromatic nitrogens is 2. The Morgan fingerprint density at radius 2 is 1.61 bits per heavy atom. The van der Waals surface area contributed by atoms with Crippen molar-refractivity contribution >= 4 is 17.4 Å². The van der Waals surface area contributed by atoms with Crippen LogP contribution in [-0.2, 0) is 13.0 Å². The van der Waals surface area contributed by atoms with Crippen molar-refractivity contribution in [3.8, 4) is 11.4 Å². The van der Waals surface area contributed by atoms with Crippen molar-refractivity contribution in [2.24, 2.45) is 0 Å². The molecule has 4 aromatic rings. The van der Waals surface area contributed by atoms with Crippen LogP contribution in [0.2, 0.25) is 0 Å². The van der Waals surface area contributed by atoms with Gasteiger partial charge in [0.25, 0.3) is 5.91 Å². The van der Waals surface area contributed by atoms with Gasteiger partial charge in [0.2, 0.25) is 0 Å². The third-order valence-electron chi connectivity index (χ3n) is 6.19. The lowest BCUT2D eigenvalue weighted by Crippen LogP contribution is -2.36. The number of carbonyl (C=O) groups excluding carboxylic acids is 1. The zero-order valence-electron chi connectivity index (χ0n) is 18.9. The summed E-state index contributed by atoms with van der Waals surface area (Å²) in [6.07, 6.45) is 2.53. The van der Waals surface area contributed by atoms with Crippen molar-refractivity contribution < 1.29 is 4.79 Å². The molecule has 2 heterocycles. The van der Waals surface area contributed by atoms with E-state index in [0.29, 0.717) is 30.3 Å². The minimum absolute atomic E-state index is 0.0434. The molecule has 0 radical (unpaired) electrons. The van der Waals surface area contributed by atoms with Crippen molar-refractivity contribution in [2.75, 3.05) is 18.5 Å². The Kier molecular flexibility index (Phi) is 5.61. The molecule has 33 heavy (non-hydrogen) atoms. The lowest BCUT2D eigenvalue weighted by Gasteiger charge is -2.30. The van der Waals surface area contributed by atoms with Crippen molar-refractivity contribution in [2.45, 2.75) is 19.9 Å². The van der Waals surface area contributed by atoms with E-state index in [1.807, 2.05) is 65.4 Å². The van der Waals surface area contributed by atoms with Crippen LogP contribution in [0.25, 0.3) is 11.4 Å². The van der Waals surface area contributed by atoms with Gasteiger partial charge in [-0.2, -0.15) is 0 Å². The molecule has 5 heteroatoms. The lowest BCUT2D eigenvalue weighted by molar-refractivity contribution is 0.0734. The van der Waals surface area contributed by atoms with Gasteiger partial charge in [-0.15, -0.1) is 0 Å². The fourth-order valence-electron chi connectivity index (χ4n) is 4.24. The molecule has 164 valence electrons. The number of rotatable bonds is 4. The van der Waals surface area contributed by atoms with Crippen LogP contribution in [0.4, 0.5) is 11.5 Å². The summed E-state index contributed by atoms with van der Waals surface area (Å²) in [4.78, 5) is 27.0. The molecule has 1 aliphatic rings. The standard InChI is InChI=1S/C28H26N4O/c1-20-12-14-24(15-13-20)31(2)27-25(18-29-26(30-27)22-9-4-3-5-10-22)28(33)32-17-16-21-8-6-7-11-23(21)19-32/h3-15,18H,16-17,19H2,1-2H3. The Bertz CT molecular complexity index is 1290. The first-order valence-electron chi connectivity index (χ1n) is 11.2. The van der Waals surface area contributed by atoms with Crippen LogP contribution in [-0.4, -0.2) is 34.4 Å². The molecule has 1 aliphatic heterocycles. The zero-order valence-corrected chi connectivity index (χ0v) is 18.9. The quantitative estimate of drug-likeness (QED) is 0.430. The second-order valence-corrected chi connectivity index (χ2v) is 8.44. The molecule has 0 spiro atoms. The summed E-state index contributed by atoms with van der Waals surface area (Å²) in [7, 11) is 1.95. The first kappa shape index (κ1) is 20.9. The van der Waals surface area contributed by atoms with Gasteiger partial charge in [-0.3, -0.25) is 4.79 Å². The van der Waals surface area contributed by atoms with Crippen LogP contribution in [0.15, 0.2) is 85.1 Å². The summed E-state index contributed by atoms with van der Waals surface area (Å²) < 4.78 is 0. The van der Waals surface area contributed by atoms with Gasteiger partial charge in [-0.1, -0.05) is 72.3 Å². The summed E-state index contributed by atoms with van der Waals surface area (Å²) in [5.41, 5.74) is 6.10. The Labute approximate surface area is 194 Å². The van der Waals surface area contributed by atoms with E-state index in [0.717, 1.165) is 17.7 Å². The molecule has 5 rings (SSSR count). The molecule has 0 fully saturated rings. The molecular formula is C28H26N4O. The molecule has 0 N–H and O–H groups in total. The van der Waals surface area contributed by atoms with E-state index in [9.17, 15) is 4.79 Å². The molecule has 0 bridgehead atoms. The second kappa shape index (κ2) is 8.87. The highest BCUT2D eigenvalue weighted by molar-refractivity contribution is 5.99. The number of carbonyl (C=O) groups is 1. The van der Waals surface area contributed by atoms with E-state index in [1.54, 1.807) is 6.20 Å². The normalized spacial score (nSPS) is 12.8. The van der Waals surface area contributed by atoms with Crippen LogP contribution in [0.3, 0.4) is 0 Å². The zero-order chi connectivity index (χ0) is 22.8. The highest BCUT2D eigenvalue weighted by Gasteiger charge is 2.26. The molecule has 1 aromatic heterocycles. The first-order valence-corrected chi connectivity index (χ1v) is 11.2. The molecule has 0 saturated carbocycles. The fraction of sp³-hybridized carbons (Fsp3) is 0.179. The average Bonchev–Trinajstić information content (AvgIpc) is 2.88. The van der Waals surface area contributed by atoms with Crippen molar-refractivity contribution in [3.63, 3.8) is 0 Å². The molecule has 3 aromatic carbocycles. The summed E-state index contributed by atoms with van der Waals surface area (Å²) in [6.45, 7) is 3.35. The number of hydrogen-bond donors (Lipinski definition) is 0. The monoisotopic (exact) mass is 434 g/mol. The maximum absolute atomic E-state index is 13.7. The van der Waals surface area contributed by atoms with Gasteiger partial charge in [0, 0.05) is 37.6 Å². The third kappa shape index (κ3) is 4.22. The fourth-order valence-corrected chi connectivity index (χ4v) is 4.24. The van der Waals surface area contributed by atoms with E-state index in [2.05, 4.69) is 42.2 Å². The van der Waals surface area contributed by atoms with Gasteiger partial charge in [0.15, 0.2) is 5.82 Å². The predicted molar refractivity (Wildman–Crippen MR) is 132 cm³/mol. The average molecular weight is 435 g/mol. The maximum atomic E-state index is 13.7. The SMILES string of the molecule is Cc1ccc(N(C)c2nc(-c3ccccc3)ncc2C(=O)N2CCc3ccccc3C2)cc1. The predicted octanol–water partition coefficient (Wildman–Crippen LogP) is 5.42. The van der Waals surface area contributed by atoms with Crippen molar-refractivity contribution in [3.05, 3.63) is 107 Å². The molecule has 0 unspecified atom stereocenters. The largest absolute Gasteiger partial charge is 0.334 e. The molecule has 0 atom stereocenters. The Morgan fingerprint density at radius 3 is 2.36 bits per heavy atom. The minimum atomic E-state index is -0.0434. The second-order valence-electron chi connectivity index (χ2n) is 8.44. The third-order valence-corrected chi connectivity index (χ3v) is 6.19. The van der Waals surface area contributed by atoms with E-state index < -0.39 is 0 Å². The van der Waals surface area contributed by atoms with Gasteiger partial charge in [0.1, 0.15) is 11.4 Å². The van der Waals surface area contributed by atoms with Gasteiger partial charge >= 0.3 is 0 Å². The number of fused-ring (bicyclic) bond motifs is 1. The number of amides is 1. The van der Waals surface area contributed by atoms with E-state index in [1.165, 1.54) is 16.7 Å². The number of nitrogens with zero attached hydrogens (tertiary/aromatic N) is 4. The summed E-state index contributed by atoms with van der Waals surface area (Å²) in [5.74, 6) is 1.17. The van der Waals surface area contributed by atoms with Crippen LogP contribution in [0.1, 0.15) is 27.0 Å². The van der Waals surface area contributed by atoms with Crippen molar-refractivity contribution in [1.82, 2.24) is 14.9 Å². The highest BCUT2D eigenvalue weighted by Crippen LogP contribution is 2.30. The number of anilines is 2. The lowest BCUT2D eigenvalue weighted by atomic mass is 9.99. The highest BCUT2D eigenvalue weighted by atomic mass is 16.2. The summed E-state index contributed by atoms with van der Waals surface area (Å²) in [5, 5.41) is 0. The molecular weight excluding hydrogens is 408 g/mol. The van der Waals surface area contributed by atoms with Gasteiger partial charge in [-0.25, -0.2) is 9.97 Å². The molecule has 1 amide bonds. The Morgan fingerprint density at radius 1 is 0.909 bits per heavy atom. The molecule has 0 saturated heterocycles. The molecule has 5 nitrogen and oxygen atoms in total. The van der Waals surface area contributed by atoms with E-state index in [-0.39, 0.29) is 5.91 Å². The van der Waals surface area contributed by atoms with Crippen LogP contribution >= 0.6 is 0 Å². The van der Waals surface area contributed by atoms with Gasteiger partial charge in [-0.05, 0) is 36.6 Å². The van der Waals surface area contributed by atoms with Crippen molar-refractivity contribution in [1.29, 1.82) is 0 Å². The Balaban J connectivity index is 1.54. The summed E-state index contributed by atoms with van der Waals surface area (Å²) >= 11 is 0. The van der Waals surface area contributed by atoms with Crippen LogP contribution in [0, 0.1) is 6.92 Å². The first-order chi connectivity index (χ1) is 16.1. The van der Waals surface area contributed by atoms with Gasteiger partial charge < -0.3 is 9.80 Å². The Hall–Kier alpha value is -3.99. The smallest absolute Gasteiger partial charge is 0.259 e. The topological polar surface area (TPSA) is 49.3 Å². The van der Waals surface area contributed by atoms with Crippen LogP contribution in [0.5, 0.6) is 0 Å². The van der Waals surface area contributed by atoms with Crippen LogP contribution < -0.4 is 4.90 Å². The van der Waals surface area contributed by atoms with E-state index in [4.69, 9.17) is 4.98 Å². The maximum Gasteiger partial charge on any atom is 0.259 e.